The zero-order chi connectivity index (χ0) is 13.7. The normalized spacial score (nSPS) is 10.2. The Morgan fingerprint density at radius 2 is 1.61 bits per heavy atom. The van der Waals surface area contributed by atoms with E-state index in [1.165, 1.54) is 5.56 Å². The van der Waals surface area contributed by atoms with Gasteiger partial charge in [0.2, 0.25) is 5.91 Å². The molecule has 1 amide bonds. The number of Topliss-reactive ketones (excluding diaryl/α,β-unsaturated/α-hetero) is 1. The summed E-state index contributed by atoms with van der Waals surface area (Å²) in [6, 6.07) is 4.05. The fourth-order valence-corrected chi connectivity index (χ4v) is 2.28. The third kappa shape index (κ3) is 3.69. The van der Waals surface area contributed by atoms with Crippen molar-refractivity contribution in [2.24, 2.45) is 0 Å². The number of carbonyl (C=O) groups excluding carboxylic acids is 2. The molecule has 0 aromatic heterocycles. The molecule has 0 fully saturated rings. The molecule has 1 rings (SSSR count). The van der Waals surface area contributed by atoms with Crippen LogP contribution in [0.1, 0.15) is 46.3 Å². The molecule has 1 aromatic carbocycles. The number of amides is 1. The van der Waals surface area contributed by atoms with Crippen LogP contribution in [0.15, 0.2) is 12.1 Å². The van der Waals surface area contributed by atoms with Crippen LogP contribution in [0.2, 0.25) is 0 Å². The van der Waals surface area contributed by atoms with Crippen LogP contribution in [-0.2, 0) is 4.79 Å². The summed E-state index contributed by atoms with van der Waals surface area (Å²) < 4.78 is 0. The van der Waals surface area contributed by atoms with Crippen molar-refractivity contribution >= 4 is 11.7 Å². The summed E-state index contributed by atoms with van der Waals surface area (Å²) in [5, 5.41) is 2.56. The molecule has 0 heterocycles. The Bertz CT molecular complexity index is 441. The molecule has 0 saturated carbocycles. The highest BCUT2D eigenvalue weighted by atomic mass is 16.1. The van der Waals surface area contributed by atoms with Gasteiger partial charge in [-0.2, -0.15) is 0 Å². The monoisotopic (exact) mass is 247 g/mol. The highest BCUT2D eigenvalue weighted by molar-refractivity contribution is 5.99. The molecular formula is C15H21NO2. The molecule has 1 N–H and O–H groups in total. The van der Waals surface area contributed by atoms with E-state index in [1.807, 2.05) is 32.9 Å². The van der Waals surface area contributed by atoms with Crippen LogP contribution < -0.4 is 5.32 Å². The fourth-order valence-electron chi connectivity index (χ4n) is 2.28. The van der Waals surface area contributed by atoms with Crippen molar-refractivity contribution in [2.45, 2.75) is 40.0 Å². The summed E-state index contributed by atoms with van der Waals surface area (Å²) >= 11 is 0. The second kappa shape index (κ2) is 6.34. The third-order valence-electron chi connectivity index (χ3n) is 3.04. The number of ketones is 1. The Morgan fingerprint density at radius 3 is 2.11 bits per heavy atom. The van der Waals surface area contributed by atoms with Crippen LogP contribution in [-0.4, -0.2) is 18.7 Å². The molecule has 0 bridgehead atoms. The zero-order valence-electron chi connectivity index (χ0n) is 11.6. The number of carbonyl (C=O) groups is 2. The van der Waals surface area contributed by atoms with Gasteiger partial charge in [0.05, 0.1) is 0 Å². The van der Waals surface area contributed by atoms with Crippen molar-refractivity contribution in [2.75, 3.05) is 7.05 Å². The predicted molar refractivity (Wildman–Crippen MR) is 72.9 cm³/mol. The Labute approximate surface area is 109 Å². The molecule has 0 aliphatic rings. The second-order valence-electron chi connectivity index (χ2n) is 4.72. The number of rotatable bonds is 5. The maximum absolute atomic E-state index is 12.1. The average Bonchev–Trinajstić information content (AvgIpc) is 2.27. The first-order chi connectivity index (χ1) is 8.45. The number of benzene rings is 1. The molecule has 98 valence electrons. The van der Waals surface area contributed by atoms with E-state index in [0.717, 1.165) is 16.7 Å². The Balaban J connectivity index is 2.70. The van der Waals surface area contributed by atoms with Crippen LogP contribution in [0.3, 0.4) is 0 Å². The first kappa shape index (κ1) is 14.4. The molecule has 1 aromatic rings. The lowest BCUT2D eigenvalue weighted by Crippen LogP contribution is -2.17. The molecule has 0 radical (unpaired) electrons. The van der Waals surface area contributed by atoms with Gasteiger partial charge in [-0.3, -0.25) is 9.59 Å². The van der Waals surface area contributed by atoms with Crippen LogP contribution in [0.4, 0.5) is 0 Å². The standard InChI is InChI=1S/C15H21NO2/c1-10-8-11(2)15(12(3)9-10)13(17)6-5-7-14(18)16-4/h8-9H,5-7H2,1-4H3,(H,16,18). The van der Waals surface area contributed by atoms with Crippen LogP contribution in [0.5, 0.6) is 0 Å². The van der Waals surface area contributed by atoms with Gasteiger partial charge in [-0.15, -0.1) is 0 Å². The minimum atomic E-state index is -0.0137. The largest absolute Gasteiger partial charge is 0.359 e. The summed E-state index contributed by atoms with van der Waals surface area (Å²) in [5.41, 5.74) is 4.04. The summed E-state index contributed by atoms with van der Waals surface area (Å²) in [4.78, 5) is 23.2. The topological polar surface area (TPSA) is 46.2 Å². The summed E-state index contributed by atoms with van der Waals surface area (Å²) in [6.07, 6.45) is 1.44. The van der Waals surface area contributed by atoms with Crippen molar-refractivity contribution in [1.29, 1.82) is 0 Å². The van der Waals surface area contributed by atoms with Gasteiger partial charge in [0.25, 0.3) is 0 Å². The number of hydrogen-bond acceptors (Lipinski definition) is 2. The maximum atomic E-state index is 12.1. The molecule has 0 spiro atoms. The van der Waals surface area contributed by atoms with Crippen LogP contribution >= 0.6 is 0 Å². The van der Waals surface area contributed by atoms with Crippen molar-refractivity contribution in [3.63, 3.8) is 0 Å². The van der Waals surface area contributed by atoms with E-state index < -0.39 is 0 Å². The highest BCUT2D eigenvalue weighted by Gasteiger charge is 2.13. The van der Waals surface area contributed by atoms with Crippen LogP contribution in [0, 0.1) is 20.8 Å². The predicted octanol–water partition coefficient (Wildman–Crippen LogP) is 2.71. The van der Waals surface area contributed by atoms with Crippen molar-refractivity contribution in [1.82, 2.24) is 5.32 Å². The van der Waals surface area contributed by atoms with Gasteiger partial charge in [-0.05, 0) is 38.3 Å². The van der Waals surface area contributed by atoms with E-state index in [-0.39, 0.29) is 11.7 Å². The fraction of sp³-hybridized carbons (Fsp3) is 0.467. The quantitative estimate of drug-likeness (QED) is 0.813. The van der Waals surface area contributed by atoms with E-state index in [4.69, 9.17) is 0 Å². The number of hydrogen-bond donors (Lipinski definition) is 1. The molecule has 0 unspecified atom stereocenters. The van der Waals surface area contributed by atoms with Gasteiger partial charge >= 0.3 is 0 Å². The van der Waals surface area contributed by atoms with E-state index >= 15 is 0 Å². The van der Waals surface area contributed by atoms with E-state index in [1.54, 1.807) is 7.05 Å². The smallest absolute Gasteiger partial charge is 0.219 e. The van der Waals surface area contributed by atoms with Crippen molar-refractivity contribution in [3.05, 3.63) is 34.4 Å². The molecule has 18 heavy (non-hydrogen) atoms. The third-order valence-corrected chi connectivity index (χ3v) is 3.04. The molecule has 3 heteroatoms. The van der Waals surface area contributed by atoms with Gasteiger partial charge in [-0.1, -0.05) is 17.7 Å². The van der Waals surface area contributed by atoms with Crippen molar-refractivity contribution < 1.29 is 9.59 Å². The molecule has 3 nitrogen and oxygen atoms in total. The van der Waals surface area contributed by atoms with E-state index in [9.17, 15) is 9.59 Å². The molecule has 0 atom stereocenters. The first-order valence-corrected chi connectivity index (χ1v) is 6.27. The van der Waals surface area contributed by atoms with Crippen LogP contribution in [0.25, 0.3) is 0 Å². The van der Waals surface area contributed by atoms with Gasteiger partial charge < -0.3 is 5.32 Å². The van der Waals surface area contributed by atoms with E-state index in [2.05, 4.69) is 5.32 Å². The Hall–Kier alpha value is -1.64. The summed E-state index contributed by atoms with van der Waals surface area (Å²) in [6.45, 7) is 5.96. The molecule has 0 aliphatic heterocycles. The first-order valence-electron chi connectivity index (χ1n) is 6.27. The lowest BCUT2D eigenvalue weighted by atomic mass is 9.94. The van der Waals surface area contributed by atoms with Gasteiger partial charge in [0.15, 0.2) is 5.78 Å². The minimum Gasteiger partial charge on any atom is -0.359 e. The van der Waals surface area contributed by atoms with Gasteiger partial charge in [0.1, 0.15) is 0 Å². The average molecular weight is 247 g/mol. The maximum Gasteiger partial charge on any atom is 0.219 e. The molecular weight excluding hydrogens is 226 g/mol. The number of nitrogens with one attached hydrogen (secondary N) is 1. The van der Waals surface area contributed by atoms with E-state index in [0.29, 0.717) is 19.3 Å². The minimum absolute atomic E-state index is 0.0137. The SMILES string of the molecule is CNC(=O)CCCC(=O)c1c(C)cc(C)cc1C. The van der Waals surface area contributed by atoms with Gasteiger partial charge in [0, 0.05) is 25.5 Å². The lowest BCUT2D eigenvalue weighted by Gasteiger charge is -2.10. The Morgan fingerprint density at radius 1 is 1.06 bits per heavy atom. The molecule has 0 aliphatic carbocycles. The summed E-state index contributed by atoms with van der Waals surface area (Å²) in [5.74, 6) is 0.119. The summed E-state index contributed by atoms with van der Waals surface area (Å²) in [7, 11) is 1.61. The zero-order valence-corrected chi connectivity index (χ0v) is 11.6. The highest BCUT2D eigenvalue weighted by Crippen LogP contribution is 2.19. The lowest BCUT2D eigenvalue weighted by molar-refractivity contribution is -0.120. The van der Waals surface area contributed by atoms with Crippen molar-refractivity contribution in [3.8, 4) is 0 Å². The number of aryl methyl sites for hydroxylation is 3. The molecule has 0 saturated heterocycles. The van der Waals surface area contributed by atoms with Gasteiger partial charge in [-0.25, -0.2) is 0 Å². The second-order valence-corrected chi connectivity index (χ2v) is 4.72. The Kier molecular flexibility index (Phi) is 5.08.